The van der Waals surface area contributed by atoms with E-state index >= 15 is 0 Å². The Bertz CT molecular complexity index is 853. The van der Waals surface area contributed by atoms with Crippen LogP contribution >= 0.6 is 0 Å². The zero-order valence-corrected chi connectivity index (χ0v) is 16.3. The molecule has 0 bridgehead atoms. The van der Waals surface area contributed by atoms with Crippen LogP contribution in [0.1, 0.15) is 35.7 Å². The van der Waals surface area contributed by atoms with Crippen molar-refractivity contribution in [3.05, 3.63) is 59.7 Å². The molecule has 1 atom stereocenters. The van der Waals surface area contributed by atoms with Crippen LogP contribution in [0, 0.1) is 0 Å². The van der Waals surface area contributed by atoms with Crippen molar-refractivity contribution in [1.82, 2.24) is 4.90 Å². The molecule has 1 fully saturated rings. The van der Waals surface area contributed by atoms with Gasteiger partial charge in [-0.2, -0.15) is 0 Å². The Morgan fingerprint density at radius 2 is 1.89 bits per heavy atom. The van der Waals surface area contributed by atoms with E-state index in [2.05, 4.69) is 19.1 Å². The molecule has 6 heteroatoms. The van der Waals surface area contributed by atoms with E-state index in [9.17, 15) is 9.59 Å². The van der Waals surface area contributed by atoms with Gasteiger partial charge in [-0.05, 0) is 36.6 Å². The number of nitrogens with zero attached hydrogens (tertiary/aromatic N) is 1. The smallest absolute Gasteiger partial charge is 0.255 e. The standard InChI is InChI=1S/C22H26N2O4/c1-22(17-7-4-3-5-8-17)11-6-12-24(15-22)21(26)16-9-10-18(19(13-16)27-2)28-14-20(23)25/h3-5,7-10,13H,6,11-12,14-15H2,1-2H3,(H2,23,25). The van der Waals surface area contributed by atoms with E-state index in [0.717, 1.165) is 19.4 Å². The van der Waals surface area contributed by atoms with E-state index in [1.165, 1.54) is 12.7 Å². The lowest BCUT2D eigenvalue weighted by molar-refractivity contribution is -0.119. The Balaban J connectivity index is 1.78. The van der Waals surface area contributed by atoms with Gasteiger partial charge in [0.15, 0.2) is 18.1 Å². The van der Waals surface area contributed by atoms with Crippen molar-refractivity contribution in [2.24, 2.45) is 5.73 Å². The summed E-state index contributed by atoms with van der Waals surface area (Å²) in [4.78, 5) is 25.9. The third-order valence-electron chi connectivity index (χ3n) is 5.23. The molecule has 0 radical (unpaired) electrons. The summed E-state index contributed by atoms with van der Waals surface area (Å²) in [6.45, 7) is 3.36. The van der Waals surface area contributed by atoms with Crippen LogP contribution in [-0.4, -0.2) is 43.5 Å². The summed E-state index contributed by atoms with van der Waals surface area (Å²) in [6.07, 6.45) is 2.00. The molecule has 0 aromatic heterocycles. The van der Waals surface area contributed by atoms with Gasteiger partial charge in [-0.25, -0.2) is 0 Å². The summed E-state index contributed by atoms with van der Waals surface area (Å²) in [5, 5.41) is 0. The van der Waals surface area contributed by atoms with E-state index in [4.69, 9.17) is 15.2 Å². The fourth-order valence-corrected chi connectivity index (χ4v) is 3.74. The number of likely N-dealkylation sites (tertiary alicyclic amines) is 1. The highest BCUT2D eigenvalue weighted by Crippen LogP contribution is 2.35. The average molecular weight is 382 g/mol. The molecule has 2 amide bonds. The van der Waals surface area contributed by atoms with Crippen molar-refractivity contribution < 1.29 is 19.1 Å². The summed E-state index contributed by atoms with van der Waals surface area (Å²) < 4.78 is 10.7. The molecule has 1 saturated heterocycles. The van der Waals surface area contributed by atoms with Crippen LogP contribution in [-0.2, 0) is 10.2 Å². The van der Waals surface area contributed by atoms with Gasteiger partial charge in [0.2, 0.25) is 0 Å². The van der Waals surface area contributed by atoms with Crippen LogP contribution in [0.15, 0.2) is 48.5 Å². The number of rotatable bonds is 6. The predicted octanol–water partition coefficient (Wildman–Crippen LogP) is 2.75. The molecule has 2 aromatic rings. The maximum absolute atomic E-state index is 13.1. The summed E-state index contributed by atoms with van der Waals surface area (Å²) in [6, 6.07) is 15.3. The zero-order valence-electron chi connectivity index (χ0n) is 16.3. The van der Waals surface area contributed by atoms with Gasteiger partial charge in [-0.15, -0.1) is 0 Å². The number of carbonyl (C=O) groups excluding carboxylic acids is 2. The van der Waals surface area contributed by atoms with Gasteiger partial charge in [-0.1, -0.05) is 37.3 Å². The van der Waals surface area contributed by atoms with Gasteiger partial charge in [-0.3, -0.25) is 9.59 Å². The molecule has 6 nitrogen and oxygen atoms in total. The molecule has 1 aliphatic heterocycles. The number of methoxy groups -OCH3 is 1. The number of ether oxygens (including phenoxy) is 2. The largest absolute Gasteiger partial charge is 0.493 e. The molecule has 1 heterocycles. The lowest BCUT2D eigenvalue weighted by Crippen LogP contribution is -2.47. The van der Waals surface area contributed by atoms with Crippen LogP contribution in [0.25, 0.3) is 0 Å². The summed E-state index contributed by atoms with van der Waals surface area (Å²) >= 11 is 0. The van der Waals surface area contributed by atoms with Crippen molar-refractivity contribution >= 4 is 11.8 Å². The molecule has 148 valence electrons. The predicted molar refractivity (Wildman–Crippen MR) is 107 cm³/mol. The second-order valence-electron chi connectivity index (χ2n) is 7.38. The average Bonchev–Trinajstić information content (AvgIpc) is 2.72. The van der Waals surface area contributed by atoms with E-state index in [1.54, 1.807) is 18.2 Å². The zero-order chi connectivity index (χ0) is 20.1. The van der Waals surface area contributed by atoms with Gasteiger partial charge in [0.1, 0.15) is 0 Å². The molecule has 2 aromatic carbocycles. The van der Waals surface area contributed by atoms with Crippen LogP contribution in [0.2, 0.25) is 0 Å². The van der Waals surface area contributed by atoms with Crippen molar-refractivity contribution in [3.8, 4) is 11.5 Å². The normalized spacial score (nSPS) is 19.1. The number of nitrogens with two attached hydrogens (primary N) is 1. The lowest BCUT2D eigenvalue weighted by Gasteiger charge is -2.41. The minimum Gasteiger partial charge on any atom is -0.493 e. The van der Waals surface area contributed by atoms with Crippen molar-refractivity contribution in [2.75, 3.05) is 26.8 Å². The number of benzene rings is 2. The first-order valence-corrected chi connectivity index (χ1v) is 9.37. The Kier molecular flexibility index (Phi) is 5.87. The van der Waals surface area contributed by atoms with Crippen LogP contribution in [0.4, 0.5) is 0 Å². The maximum Gasteiger partial charge on any atom is 0.255 e. The SMILES string of the molecule is COc1cc(C(=O)N2CCCC(C)(c3ccccc3)C2)ccc1OCC(N)=O. The van der Waals surface area contributed by atoms with Gasteiger partial charge >= 0.3 is 0 Å². The quantitative estimate of drug-likeness (QED) is 0.833. The second-order valence-corrected chi connectivity index (χ2v) is 7.38. The summed E-state index contributed by atoms with van der Waals surface area (Å²) in [5.74, 6) is 0.165. The topological polar surface area (TPSA) is 81.9 Å². The Labute approximate surface area is 165 Å². The first-order chi connectivity index (χ1) is 13.4. The number of piperidine rings is 1. The molecule has 0 aliphatic carbocycles. The molecule has 0 saturated carbocycles. The number of carbonyl (C=O) groups is 2. The Hall–Kier alpha value is -3.02. The van der Waals surface area contributed by atoms with Crippen molar-refractivity contribution in [3.63, 3.8) is 0 Å². The van der Waals surface area contributed by atoms with E-state index in [-0.39, 0.29) is 17.9 Å². The second kappa shape index (κ2) is 8.33. The molecule has 1 aliphatic rings. The minimum atomic E-state index is -0.573. The fourth-order valence-electron chi connectivity index (χ4n) is 3.74. The first kappa shape index (κ1) is 19.7. The number of primary amides is 1. The van der Waals surface area contributed by atoms with Crippen LogP contribution in [0.5, 0.6) is 11.5 Å². The molecule has 3 rings (SSSR count). The molecule has 28 heavy (non-hydrogen) atoms. The monoisotopic (exact) mass is 382 g/mol. The van der Waals surface area contributed by atoms with E-state index < -0.39 is 5.91 Å². The number of hydrogen-bond acceptors (Lipinski definition) is 4. The first-order valence-electron chi connectivity index (χ1n) is 9.37. The third-order valence-corrected chi connectivity index (χ3v) is 5.23. The maximum atomic E-state index is 13.1. The minimum absolute atomic E-state index is 0.0402. The van der Waals surface area contributed by atoms with Crippen molar-refractivity contribution in [1.29, 1.82) is 0 Å². The molecule has 2 N–H and O–H groups in total. The molecular weight excluding hydrogens is 356 g/mol. The molecule has 0 spiro atoms. The van der Waals surface area contributed by atoms with Crippen LogP contribution in [0.3, 0.4) is 0 Å². The van der Waals surface area contributed by atoms with Gasteiger partial charge in [0.05, 0.1) is 7.11 Å². The summed E-state index contributed by atoms with van der Waals surface area (Å²) in [7, 11) is 1.49. The van der Waals surface area contributed by atoms with Crippen molar-refractivity contribution in [2.45, 2.75) is 25.2 Å². The van der Waals surface area contributed by atoms with Gasteiger partial charge in [0.25, 0.3) is 11.8 Å². The van der Waals surface area contributed by atoms with E-state index in [1.807, 2.05) is 23.1 Å². The fraction of sp³-hybridized carbons (Fsp3) is 0.364. The lowest BCUT2D eigenvalue weighted by atomic mass is 9.76. The molecule has 1 unspecified atom stereocenters. The highest BCUT2D eigenvalue weighted by atomic mass is 16.5. The number of hydrogen-bond donors (Lipinski definition) is 1. The van der Waals surface area contributed by atoms with Crippen LogP contribution < -0.4 is 15.2 Å². The Morgan fingerprint density at radius 1 is 1.14 bits per heavy atom. The summed E-state index contributed by atoms with van der Waals surface area (Å²) in [5.41, 5.74) is 6.83. The van der Waals surface area contributed by atoms with Gasteiger partial charge in [0, 0.05) is 24.1 Å². The Morgan fingerprint density at radius 3 is 2.57 bits per heavy atom. The highest BCUT2D eigenvalue weighted by molar-refractivity contribution is 5.95. The molecular formula is C22H26N2O4. The number of amides is 2. The highest BCUT2D eigenvalue weighted by Gasteiger charge is 2.34. The van der Waals surface area contributed by atoms with Gasteiger partial charge < -0.3 is 20.1 Å². The van der Waals surface area contributed by atoms with E-state index in [0.29, 0.717) is 23.6 Å². The third kappa shape index (κ3) is 4.27.